The average Bonchev–Trinajstić information content (AvgIpc) is 2.01. The molecule has 0 bridgehead atoms. The van der Waals surface area contributed by atoms with Crippen molar-refractivity contribution in [3.8, 4) is 0 Å². The van der Waals surface area contributed by atoms with Crippen LogP contribution in [0.3, 0.4) is 0 Å². The Hall–Kier alpha value is -0.0900. The zero-order valence-corrected chi connectivity index (χ0v) is 10.7. The Balaban J connectivity index is 4.37. The summed E-state index contributed by atoms with van der Waals surface area (Å²) in [5.74, 6) is -0.619. The minimum atomic E-state index is -3.47. The molecule has 0 amide bonds. The summed E-state index contributed by atoms with van der Waals surface area (Å²) >= 11 is 5.53. The number of ether oxygens (including phenoxy) is 1. The van der Waals surface area contributed by atoms with Gasteiger partial charge in [-0.25, -0.2) is 0 Å². The number of carbonyl (C=O) groups is 1. The molecular formula is C8H16ClO5P. The lowest BCUT2D eigenvalue weighted by Gasteiger charge is -2.18. The van der Waals surface area contributed by atoms with Crippen molar-refractivity contribution < 1.29 is 23.1 Å². The number of hydrogen-bond acceptors (Lipinski definition) is 5. The minimum absolute atomic E-state index is 0.181. The molecule has 0 aromatic rings. The van der Waals surface area contributed by atoms with E-state index >= 15 is 0 Å². The molecule has 2 unspecified atom stereocenters. The van der Waals surface area contributed by atoms with Crippen LogP contribution in [0.1, 0.15) is 20.8 Å². The van der Waals surface area contributed by atoms with Crippen LogP contribution in [0.4, 0.5) is 0 Å². The molecule has 0 aliphatic carbocycles. The summed E-state index contributed by atoms with van der Waals surface area (Å²) in [7, 11) is -3.47. The van der Waals surface area contributed by atoms with Gasteiger partial charge in [-0.05, 0) is 20.8 Å². The predicted octanol–water partition coefficient (Wildman–Crippen LogP) is 2.38. The van der Waals surface area contributed by atoms with Crippen LogP contribution in [-0.4, -0.2) is 30.9 Å². The second-order valence-electron chi connectivity index (χ2n) is 2.64. The van der Waals surface area contributed by atoms with Gasteiger partial charge in [0.25, 0.3) is 0 Å². The molecule has 0 rings (SSSR count). The molecular weight excluding hydrogens is 243 g/mol. The second kappa shape index (κ2) is 7.23. The van der Waals surface area contributed by atoms with Gasteiger partial charge < -0.3 is 9.26 Å². The standard InChI is InChI=1S/C8H16ClO5P/c1-4-12-8(10)6-15(11,13-5-2)14-7(3)9/h7H,4-6H2,1-3H3. The molecule has 0 aromatic carbocycles. The summed E-state index contributed by atoms with van der Waals surface area (Å²) in [5.41, 5.74) is -0.781. The molecule has 15 heavy (non-hydrogen) atoms. The van der Waals surface area contributed by atoms with Gasteiger partial charge in [0.05, 0.1) is 13.2 Å². The average molecular weight is 259 g/mol. The monoisotopic (exact) mass is 258 g/mol. The van der Waals surface area contributed by atoms with E-state index in [-0.39, 0.29) is 13.2 Å². The lowest BCUT2D eigenvalue weighted by atomic mass is 10.8. The molecule has 0 aliphatic rings. The Kier molecular flexibility index (Phi) is 7.18. The smallest absolute Gasteiger partial charge is 0.343 e. The molecule has 5 nitrogen and oxygen atoms in total. The summed E-state index contributed by atoms with van der Waals surface area (Å²) < 4.78 is 26.3. The SMILES string of the molecule is CCOC(=O)CP(=O)(OCC)OC(C)Cl. The summed E-state index contributed by atoms with van der Waals surface area (Å²) in [5, 5.41) is 0. The van der Waals surface area contributed by atoms with E-state index in [4.69, 9.17) is 20.6 Å². The molecule has 90 valence electrons. The highest BCUT2D eigenvalue weighted by atomic mass is 35.5. The number of hydrogen-bond donors (Lipinski definition) is 0. The third-order valence-corrected chi connectivity index (χ3v) is 3.41. The first kappa shape index (κ1) is 14.9. The normalized spacial score (nSPS) is 16.8. The quantitative estimate of drug-likeness (QED) is 0.399. The van der Waals surface area contributed by atoms with E-state index in [9.17, 15) is 9.36 Å². The lowest BCUT2D eigenvalue weighted by molar-refractivity contribution is -0.140. The van der Waals surface area contributed by atoms with Crippen LogP contribution in [0, 0.1) is 0 Å². The molecule has 7 heteroatoms. The van der Waals surface area contributed by atoms with Gasteiger partial charge in [-0.3, -0.25) is 13.9 Å². The van der Waals surface area contributed by atoms with E-state index in [0.29, 0.717) is 0 Å². The van der Waals surface area contributed by atoms with E-state index < -0.39 is 25.3 Å². The topological polar surface area (TPSA) is 61.8 Å². The van der Waals surface area contributed by atoms with Crippen molar-refractivity contribution in [3.05, 3.63) is 0 Å². The molecule has 2 atom stereocenters. The summed E-state index contributed by atoms with van der Waals surface area (Å²) in [6, 6.07) is 0. The highest BCUT2D eigenvalue weighted by Gasteiger charge is 2.30. The largest absolute Gasteiger partial charge is 0.466 e. The van der Waals surface area contributed by atoms with Crippen LogP contribution in [0.5, 0.6) is 0 Å². The van der Waals surface area contributed by atoms with Crippen molar-refractivity contribution in [2.45, 2.75) is 26.3 Å². The maximum Gasteiger partial charge on any atom is 0.343 e. The van der Waals surface area contributed by atoms with Crippen LogP contribution in [0.15, 0.2) is 0 Å². The fraction of sp³-hybridized carbons (Fsp3) is 0.875. The van der Waals surface area contributed by atoms with Gasteiger partial charge in [0, 0.05) is 0 Å². The van der Waals surface area contributed by atoms with Crippen molar-refractivity contribution in [1.29, 1.82) is 0 Å². The Morgan fingerprint density at radius 2 is 2.00 bits per heavy atom. The lowest BCUT2D eigenvalue weighted by Crippen LogP contribution is -2.14. The molecule has 0 fully saturated rings. The van der Waals surface area contributed by atoms with E-state index in [1.54, 1.807) is 13.8 Å². The fourth-order valence-electron chi connectivity index (χ4n) is 0.896. The van der Waals surface area contributed by atoms with Crippen LogP contribution in [0.2, 0.25) is 0 Å². The Labute approximate surface area is 94.6 Å². The summed E-state index contributed by atoms with van der Waals surface area (Å²) in [6.45, 7) is 5.22. The maximum atomic E-state index is 11.9. The molecule has 0 radical (unpaired) electrons. The number of halogens is 1. The van der Waals surface area contributed by atoms with Crippen LogP contribution in [0.25, 0.3) is 0 Å². The molecule has 0 saturated heterocycles. The van der Waals surface area contributed by atoms with Gasteiger partial charge in [-0.15, -0.1) is 0 Å². The third-order valence-electron chi connectivity index (χ3n) is 1.26. The van der Waals surface area contributed by atoms with Crippen molar-refractivity contribution >= 4 is 25.2 Å². The van der Waals surface area contributed by atoms with Crippen molar-refractivity contribution in [3.63, 3.8) is 0 Å². The van der Waals surface area contributed by atoms with Gasteiger partial charge in [-0.1, -0.05) is 11.6 Å². The van der Waals surface area contributed by atoms with Crippen molar-refractivity contribution in [1.82, 2.24) is 0 Å². The first-order valence-corrected chi connectivity index (χ1v) is 6.81. The highest BCUT2D eigenvalue weighted by Crippen LogP contribution is 2.49. The van der Waals surface area contributed by atoms with Crippen molar-refractivity contribution in [2.75, 3.05) is 19.4 Å². The zero-order valence-electron chi connectivity index (χ0n) is 9.07. The zero-order chi connectivity index (χ0) is 11.9. The first-order chi connectivity index (χ1) is 6.93. The number of rotatable bonds is 7. The van der Waals surface area contributed by atoms with Crippen LogP contribution < -0.4 is 0 Å². The number of carbonyl (C=O) groups excluding carboxylic acids is 1. The second-order valence-corrected chi connectivity index (χ2v) is 5.26. The highest BCUT2D eigenvalue weighted by molar-refractivity contribution is 7.54. The maximum absolute atomic E-state index is 11.9. The summed E-state index contributed by atoms with van der Waals surface area (Å²) in [6.07, 6.45) is -0.411. The van der Waals surface area contributed by atoms with E-state index in [0.717, 1.165) is 0 Å². The first-order valence-electron chi connectivity index (χ1n) is 4.65. The molecule has 0 aliphatic heterocycles. The molecule has 0 spiro atoms. The molecule has 0 N–H and O–H groups in total. The number of esters is 1. The van der Waals surface area contributed by atoms with E-state index in [1.165, 1.54) is 6.92 Å². The summed E-state index contributed by atoms with van der Waals surface area (Å²) in [4.78, 5) is 11.1. The Morgan fingerprint density at radius 1 is 1.40 bits per heavy atom. The van der Waals surface area contributed by atoms with Gasteiger partial charge in [0.2, 0.25) is 0 Å². The number of alkyl halides is 1. The third kappa shape index (κ3) is 6.90. The van der Waals surface area contributed by atoms with Crippen LogP contribution in [-0.2, 0) is 23.1 Å². The van der Waals surface area contributed by atoms with Gasteiger partial charge >= 0.3 is 13.6 Å². The minimum Gasteiger partial charge on any atom is -0.466 e. The Morgan fingerprint density at radius 3 is 2.40 bits per heavy atom. The predicted molar refractivity (Wildman–Crippen MR) is 57.1 cm³/mol. The van der Waals surface area contributed by atoms with Gasteiger partial charge in [0.1, 0.15) is 11.7 Å². The Bertz CT molecular complexity index is 243. The van der Waals surface area contributed by atoms with E-state index in [2.05, 4.69) is 4.74 Å². The van der Waals surface area contributed by atoms with Gasteiger partial charge in [0.15, 0.2) is 0 Å². The molecule has 0 heterocycles. The molecule has 0 saturated carbocycles. The molecule has 0 aromatic heterocycles. The van der Waals surface area contributed by atoms with Gasteiger partial charge in [-0.2, -0.15) is 0 Å². The van der Waals surface area contributed by atoms with Crippen molar-refractivity contribution in [2.24, 2.45) is 0 Å². The van der Waals surface area contributed by atoms with E-state index in [1.807, 2.05) is 0 Å². The fourth-order valence-corrected chi connectivity index (χ4v) is 2.73. The van der Waals surface area contributed by atoms with Crippen LogP contribution >= 0.6 is 19.2 Å².